The van der Waals surface area contributed by atoms with Crippen molar-refractivity contribution in [3.05, 3.63) is 0 Å². The van der Waals surface area contributed by atoms with Crippen molar-refractivity contribution < 1.29 is 9.47 Å². The van der Waals surface area contributed by atoms with Crippen LogP contribution in [0.25, 0.3) is 0 Å². The lowest BCUT2D eigenvalue weighted by molar-refractivity contribution is -0.105. The fourth-order valence-electron chi connectivity index (χ4n) is 4.43. The topological polar surface area (TPSA) is 30.5 Å². The molecular weight excluding hydrogens is 250 g/mol. The van der Waals surface area contributed by atoms with Gasteiger partial charge in [0.25, 0.3) is 0 Å². The molecule has 1 aliphatic heterocycles. The van der Waals surface area contributed by atoms with Gasteiger partial charge in [0, 0.05) is 6.04 Å². The van der Waals surface area contributed by atoms with Gasteiger partial charge >= 0.3 is 0 Å². The van der Waals surface area contributed by atoms with Gasteiger partial charge in [-0.25, -0.2) is 0 Å². The highest BCUT2D eigenvalue weighted by atomic mass is 16.6. The summed E-state index contributed by atoms with van der Waals surface area (Å²) in [5.74, 6) is 0. The highest BCUT2D eigenvalue weighted by Crippen LogP contribution is 2.42. The first-order valence-electron chi connectivity index (χ1n) is 8.78. The maximum absolute atomic E-state index is 6.40. The summed E-state index contributed by atoms with van der Waals surface area (Å²) in [5.41, 5.74) is 0.237. The van der Waals surface area contributed by atoms with E-state index in [2.05, 4.69) is 12.4 Å². The molecule has 0 amide bonds. The zero-order valence-electron chi connectivity index (χ0n) is 13.0. The van der Waals surface area contributed by atoms with Gasteiger partial charge in [-0.2, -0.15) is 0 Å². The highest BCUT2D eigenvalue weighted by Gasteiger charge is 2.41. The summed E-state index contributed by atoms with van der Waals surface area (Å²) in [6.45, 7) is 0.810. The molecule has 0 bridgehead atoms. The number of nitrogens with one attached hydrogen (secondary N) is 1. The lowest BCUT2D eigenvalue weighted by Crippen LogP contribution is -2.43. The number of likely N-dealkylation sites (N-methyl/N-ethyl adjacent to an activating group) is 1. The number of rotatable bonds is 4. The van der Waals surface area contributed by atoms with Crippen LogP contribution in [0.3, 0.4) is 0 Å². The molecule has 2 aliphatic carbocycles. The van der Waals surface area contributed by atoms with Crippen molar-refractivity contribution in [1.82, 2.24) is 5.32 Å². The smallest absolute Gasteiger partial charge is 0.0817 e. The Kier molecular flexibility index (Phi) is 5.00. The first-order valence-corrected chi connectivity index (χ1v) is 8.78. The average Bonchev–Trinajstić information content (AvgIpc) is 2.89. The van der Waals surface area contributed by atoms with Gasteiger partial charge in [-0.1, -0.05) is 32.1 Å². The van der Waals surface area contributed by atoms with Crippen LogP contribution < -0.4 is 5.32 Å². The Morgan fingerprint density at radius 1 is 1.00 bits per heavy atom. The average molecular weight is 281 g/mol. The fourth-order valence-corrected chi connectivity index (χ4v) is 4.43. The summed E-state index contributed by atoms with van der Waals surface area (Å²) < 4.78 is 12.6. The second kappa shape index (κ2) is 6.76. The van der Waals surface area contributed by atoms with Crippen LogP contribution in [-0.4, -0.2) is 37.5 Å². The van der Waals surface area contributed by atoms with Crippen molar-refractivity contribution in [1.29, 1.82) is 0 Å². The molecule has 1 saturated heterocycles. The van der Waals surface area contributed by atoms with E-state index in [0.29, 0.717) is 18.2 Å². The summed E-state index contributed by atoms with van der Waals surface area (Å²) in [7, 11) is 2.06. The van der Waals surface area contributed by atoms with Crippen molar-refractivity contribution in [2.45, 2.75) is 94.5 Å². The predicted molar refractivity (Wildman–Crippen MR) is 81.0 cm³/mol. The molecule has 116 valence electrons. The van der Waals surface area contributed by atoms with Gasteiger partial charge in [0.1, 0.15) is 0 Å². The summed E-state index contributed by atoms with van der Waals surface area (Å²) in [6, 6.07) is 0.550. The monoisotopic (exact) mass is 281 g/mol. The zero-order valence-corrected chi connectivity index (χ0v) is 13.0. The van der Waals surface area contributed by atoms with E-state index in [4.69, 9.17) is 9.47 Å². The number of hydrogen-bond acceptors (Lipinski definition) is 3. The second-order valence-corrected chi connectivity index (χ2v) is 7.07. The van der Waals surface area contributed by atoms with E-state index in [1.807, 2.05) is 0 Å². The molecule has 0 aromatic rings. The first kappa shape index (κ1) is 14.8. The van der Waals surface area contributed by atoms with Gasteiger partial charge in [-0.15, -0.1) is 0 Å². The van der Waals surface area contributed by atoms with Crippen LogP contribution in [0.5, 0.6) is 0 Å². The quantitative estimate of drug-likeness (QED) is 0.856. The van der Waals surface area contributed by atoms with Gasteiger partial charge in [-0.3, -0.25) is 0 Å². The van der Waals surface area contributed by atoms with E-state index in [-0.39, 0.29) is 5.60 Å². The predicted octanol–water partition coefficient (Wildman–Crippen LogP) is 3.42. The van der Waals surface area contributed by atoms with Crippen LogP contribution in [0.2, 0.25) is 0 Å². The second-order valence-electron chi connectivity index (χ2n) is 7.07. The minimum Gasteiger partial charge on any atom is -0.374 e. The molecule has 3 rings (SSSR count). The molecule has 0 aromatic carbocycles. The van der Waals surface area contributed by atoms with E-state index in [9.17, 15) is 0 Å². The van der Waals surface area contributed by atoms with E-state index in [1.165, 1.54) is 70.6 Å². The van der Waals surface area contributed by atoms with Crippen molar-refractivity contribution in [3.63, 3.8) is 0 Å². The maximum Gasteiger partial charge on any atom is 0.0817 e. The minimum atomic E-state index is 0.237. The van der Waals surface area contributed by atoms with E-state index in [0.717, 1.165) is 6.61 Å². The standard InChI is InChI=1S/C17H31NO2/c1-18-15-7-3-4-8-16(15)19-13-14-9-12-17(20-14)10-5-2-6-11-17/h14-16,18H,2-13H2,1H3. The third-order valence-electron chi connectivity index (χ3n) is 5.67. The SMILES string of the molecule is CNC1CCCCC1OCC1CCC2(CCCCC2)O1. The van der Waals surface area contributed by atoms with Crippen LogP contribution in [-0.2, 0) is 9.47 Å². The van der Waals surface area contributed by atoms with Crippen LogP contribution in [0.4, 0.5) is 0 Å². The Morgan fingerprint density at radius 2 is 1.80 bits per heavy atom. The number of ether oxygens (including phenoxy) is 2. The largest absolute Gasteiger partial charge is 0.374 e. The summed E-state index contributed by atoms with van der Waals surface area (Å²) in [6.07, 6.45) is 15.0. The molecule has 0 radical (unpaired) electrons. The molecule has 3 nitrogen and oxygen atoms in total. The van der Waals surface area contributed by atoms with E-state index >= 15 is 0 Å². The van der Waals surface area contributed by atoms with Crippen LogP contribution >= 0.6 is 0 Å². The Balaban J connectivity index is 1.44. The van der Waals surface area contributed by atoms with Crippen LogP contribution in [0.15, 0.2) is 0 Å². The molecule has 3 fully saturated rings. The molecule has 1 heterocycles. The maximum atomic E-state index is 6.40. The molecule has 1 spiro atoms. The van der Waals surface area contributed by atoms with Gasteiger partial charge in [-0.05, 0) is 45.6 Å². The molecule has 2 saturated carbocycles. The Morgan fingerprint density at radius 3 is 2.60 bits per heavy atom. The summed E-state index contributed by atoms with van der Waals surface area (Å²) in [5, 5.41) is 3.42. The van der Waals surface area contributed by atoms with Crippen molar-refractivity contribution in [2.24, 2.45) is 0 Å². The molecule has 3 aliphatic rings. The van der Waals surface area contributed by atoms with E-state index in [1.54, 1.807) is 0 Å². The lowest BCUT2D eigenvalue weighted by Gasteiger charge is -2.34. The third kappa shape index (κ3) is 3.37. The minimum absolute atomic E-state index is 0.237. The van der Waals surface area contributed by atoms with Gasteiger partial charge in [0.2, 0.25) is 0 Å². The normalized spacial score (nSPS) is 37.4. The highest BCUT2D eigenvalue weighted by molar-refractivity contribution is 4.91. The molecule has 3 unspecified atom stereocenters. The molecule has 1 N–H and O–H groups in total. The Labute approximate surface area is 123 Å². The zero-order chi connectivity index (χ0) is 13.8. The Hall–Kier alpha value is -0.120. The molecule has 20 heavy (non-hydrogen) atoms. The first-order chi connectivity index (χ1) is 9.81. The Bertz CT molecular complexity index is 301. The van der Waals surface area contributed by atoms with Crippen molar-refractivity contribution >= 4 is 0 Å². The van der Waals surface area contributed by atoms with Crippen LogP contribution in [0, 0.1) is 0 Å². The van der Waals surface area contributed by atoms with E-state index < -0.39 is 0 Å². The van der Waals surface area contributed by atoms with Gasteiger partial charge in [0.15, 0.2) is 0 Å². The molecule has 3 atom stereocenters. The number of hydrogen-bond donors (Lipinski definition) is 1. The third-order valence-corrected chi connectivity index (χ3v) is 5.67. The van der Waals surface area contributed by atoms with Crippen molar-refractivity contribution in [2.75, 3.05) is 13.7 Å². The summed E-state index contributed by atoms with van der Waals surface area (Å²) >= 11 is 0. The molecular formula is C17H31NO2. The van der Waals surface area contributed by atoms with Gasteiger partial charge < -0.3 is 14.8 Å². The summed E-state index contributed by atoms with van der Waals surface area (Å²) in [4.78, 5) is 0. The molecule has 3 heteroatoms. The van der Waals surface area contributed by atoms with Gasteiger partial charge in [0.05, 0.1) is 24.4 Å². The lowest BCUT2D eigenvalue weighted by atomic mass is 9.83. The molecule has 0 aromatic heterocycles. The van der Waals surface area contributed by atoms with Crippen LogP contribution in [0.1, 0.15) is 70.6 Å². The fraction of sp³-hybridized carbons (Fsp3) is 1.00. The van der Waals surface area contributed by atoms with Crippen molar-refractivity contribution in [3.8, 4) is 0 Å².